The predicted molar refractivity (Wildman–Crippen MR) is 48.7 cm³/mol. The molecule has 7 heteroatoms. The van der Waals surface area contributed by atoms with Crippen LogP contribution in [0, 0.1) is 4.91 Å². The SMILES string of the molecule is CC1CN(N(CC(N)=O)N=O)CCO1. The number of hydrazine groups is 1. The summed E-state index contributed by atoms with van der Waals surface area (Å²) in [4.78, 5) is 21.0. The van der Waals surface area contributed by atoms with Gasteiger partial charge in [0.05, 0.1) is 18.0 Å². The fourth-order valence-electron chi connectivity index (χ4n) is 1.33. The van der Waals surface area contributed by atoms with Gasteiger partial charge in [0.25, 0.3) is 0 Å². The van der Waals surface area contributed by atoms with E-state index >= 15 is 0 Å². The quantitative estimate of drug-likeness (QED) is 0.471. The van der Waals surface area contributed by atoms with Crippen LogP contribution in [0.4, 0.5) is 0 Å². The van der Waals surface area contributed by atoms with E-state index in [0.29, 0.717) is 19.7 Å². The number of hydrogen-bond donors (Lipinski definition) is 1. The second kappa shape index (κ2) is 4.87. The van der Waals surface area contributed by atoms with Gasteiger partial charge in [-0.05, 0) is 6.92 Å². The number of hydrogen-bond acceptors (Lipinski definition) is 5. The summed E-state index contributed by atoms with van der Waals surface area (Å²) in [6.45, 7) is 3.31. The van der Waals surface area contributed by atoms with Crippen molar-refractivity contribution in [3.05, 3.63) is 4.91 Å². The number of primary amides is 1. The molecular formula is C7H14N4O3. The Hall–Kier alpha value is -1.21. The first-order chi connectivity index (χ1) is 6.63. The molecule has 0 aromatic heterocycles. The lowest BCUT2D eigenvalue weighted by Crippen LogP contribution is -2.51. The highest BCUT2D eigenvalue weighted by Crippen LogP contribution is 2.07. The highest BCUT2D eigenvalue weighted by molar-refractivity contribution is 5.75. The zero-order valence-corrected chi connectivity index (χ0v) is 8.05. The molecule has 7 nitrogen and oxygen atoms in total. The van der Waals surface area contributed by atoms with Gasteiger partial charge < -0.3 is 10.5 Å². The third kappa shape index (κ3) is 2.93. The monoisotopic (exact) mass is 202 g/mol. The average molecular weight is 202 g/mol. The Balaban J connectivity index is 2.50. The van der Waals surface area contributed by atoms with E-state index in [1.807, 2.05) is 6.92 Å². The molecule has 2 N–H and O–H groups in total. The molecule has 1 unspecified atom stereocenters. The minimum absolute atomic E-state index is 0.0286. The zero-order valence-electron chi connectivity index (χ0n) is 8.05. The number of nitroso groups, excluding NO2 is 1. The van der Waals surface area contributed by atoms with Crippen LogP contribution in [0.15, 0.2) is 5.29 Å². The van der Waals surface area contributed by atoms with Crippen LogP contribution in [-0.2, 0) is 9.53 Å². The molecule has 0 spiro atoms. The van der Waals surface area contributed by atoms with Crippen LogP contribution in [0.1, 0.15) is 6.92 Å². The first-order valence-corrected chi connectivity index (χ1v) is 4.39. The number of carbonyl (C=O) groups is 1. The average Bonchev–Trinajstić information content (AvgIpc) is 2.14. The topological polar surface area (TPSA) is 88.2 Å². The van der Waals surface area contributed by atoms with Gasteiger partial charge in [-0.25, -0.2) is 0 Å². The van der Waals surface area contributed by atoms with Crippen molar-refractivity contribution in [2.45, 2.75) is 13.0 Å². The third-order valence-electron chi connectivity index (χ3n) is 1.94. The van der Waals surface area contributed by atoms with Crippen LogP contribution in [-0.4, -0.2) is 48.4 Å². The molecule has 0 aromatic carbocycles. The molecule has 80 valence electrons. The van der Waals surface area contributed by atoms with Crippen molar-refractivity contribution in [2.75, 3.05) is 26.2 Å². The molecule has 1 aliphatic rings. The molecule has 0 bridgehead atoms. The Morgan fingerprint density at radius 3 is 3.00 bits per heavy atom. The van der Waals surface area contributed by atoms with Crippen molar-refractivity contribution in [1.29, 1.82) is 0 Å². The van der Waals surface area contributed by atoms with Crippen molar-refractivity contribution in [1.82, 2.24) is 10.1 Å². The Morgan fingerprint density at radius 2 is 2.50 bits per heavy atom. The Bertz CT molecular complexity index is 223. The molecule has 1 aliphatic heterocycles. The van der Waals surface area contributed by atoms with Crippen LogP contribution < -0.4 is 5.73 Å². The summed E-state index contributed by atoms with van der Waals surface area (Å²) in [5.41, 5.74) is 4.97. The Labute approximate surface area is 81.7 Å². The number of ether oxygens (including phenoxy) is 1. The lowest BCUT2D eigenvalue weighted by atomic mass is 10.3. The van der Waals surface area contributed by atoms with Crippen LogP contribution in [0.5, 0.6) is 0 Å². The fraction of sp³-hybridized carbons (Fsp3) is 0.857. The van der Waals surface area contributed by atoms with E-state index < -0.39 is 5.91 Å². The summed E-state index contributed by atoms with van der Waals surface area (Å²) in [5, 5.41) is 5.44. The second-order valence-corrected chi connectivity index (χ2v) is 3.17. The van der Waals surface area contributed by atoms with Crippen LogP contribution in [0.25, 0.3) is 0 Å². The summed E-state index contributed by atoms with van der Waals surface area (Å²) in [7, 11) is 0. The van der Waals surface area contributed by atoms with Crippen molar-refractivity contribution in [3.8, 4) is 0 Å². The number of rotatable bonds is 4. The third-order valence-corrected chi connectivity index (χ3v) is 1.94. The maximum absolute atomic E-state index is 10.6. The summed E-state index contributed by atoms with van der Waals surface area (Å²) < 4.78 is 5.28. The van der Waals surface area contributed by atoms with Gasteiger partial charge in [0.15, 0.2) is 0 Å². The Kier molecular flexibility index (Phi) is 3.78. The molecule has 1 fully saturated rings. The van der Waals surface area contributed by atoms with Gasteiger partial charge in [-0.1, -0.05) is 0 Å². The van der Waals surface area contributed by atoms with Crippen molar-refractivity contribution >= 4 is 5.91 Å². The molecule has 1 amide bonds. The number of amides is 1. The molecule has 14 heavy (non-hydrogen) atoms. The normalized spacial score (nSPS) is 23.1. The molecule has 0 saturated carbocycles. The highest BCUT2D eigenvalue weighted by atomic mass is 16.5. The fourth-order valence-corrected chi connectivity index (χ4v) is 1.33. The molecule has 0 radical (unpaired) electrons. The van der Waals surface area contributed by atoms with Gasteiger partial charge in [-0.3, -0.25) is 4.79 Å². The first kappa shape index (κ1) is 10.9. The standard InChI is InChI=1S/C7H14N4O3/c1-6-4-10(2-3-14-6)11(9-13)5-7(8)12/h6H,2-5H2,1H3,(H2,8,12). The summed E-state index contributed by atoms with van der Waals surface area (Å²) in [6, 6.07) is 0. The highest BCUT2D eigenvalue weighted by Gasteiger charge is 2.23. The molecule has 0 aliphatic carbocycles. The smallest absolute Gasteiger partial charge is 0.240 e. The van der Waals surface area contributed by atoms with E-state index in [-0.39, 0.29) is 12.6 Å². The van der Waals surface area contributed by atoms with E-state index in [1.54, 1.807) is 5.01 Å². The van der Waals surface area contributed by atoms with Crippen molar-refractivity contribution in [2.24, 2.45) is 11.0 Å². The lowest BCUT2D eigenvalue weighted by Gasteiger charge is -2.34. The molecule has 1 atom stereocenters. The van der Waals surface area contributed by atoms with E-state index in [2.05, 4.69) is 5.29 Å². The molecule has 1 rings (SSSR count). The van der Waals surface area contributed by atoms with Crippen molar-refractivity contribution < 1.29 is 9.53 Å². The molecule has 0 aromatic rings. The number of nitrogens with zero attached hydrogens (tertiary/aromatic N) is 3. The first-order valence-electron chi connectivity index (χ1n) is 4.39. The van der Waals surface area contributed by atoms with Crippen LogP contribution in [0.3, 0.4) is 0 Å². The maximum Gasteiger partial charge on any atom is 0.240 e. The molecule has 1 heterocycles. The van der Waals surface area contributed by atoms with Gasteiger partial charge in [0.2, 0.25) is 5.91 Å². The summed E-state index contributed by atoms with van der Waals surface area (Å²) in [6.07, 6.45) is 0.0286. The summed E-state index contributed by atoms with van der Waals surface area (Å²) >= 11 is 0. The zero-order chi connectivity index (χ0) is 10.6. The van der Waals surface area contributed by atoms with Gasteiger partial charge >= 0.3 is 0 Å². The van der Waals surface area contributed by atoms with E-state index in [1.165, 1.54) is 0 Å². The minimum Gasteiger partial charge on any atom is -0.376 e. The number of nitrogens with two attached hydrogens (primary N) is 1. The van der Waals surface area contributed by atoms with Gasteiger partial charge in [-0.2, -0.15) is 10.1 Å². The van der Waals surface area contributed by atoms with Crippen LogP contribution >= 0.6 is 0 Å². The number of morpholine rings is 1. The second-order valence-electron chi connectivity index (χ2n) is 3.17. The lowest BCUT2D eigenvalue weighted by molar-refractivity contribution is -0.138. The van der Waals surface area contributed by atoms with Crippen molar-refractivity contribution in [3.63, 3.8) is 0 Å². The van der Waals surface area contributed by atoms with E-state index in [4.69, 9.17) is 10.5 Å². The maximum atomic E-state index is 10.6. The largest absolute Gasteiger partial charge is 0.376 e. The van der Waals surface area contributed by atoms with Gasteiger partial charge in [-0.15, -0.1) is 4.91 Å². The van der Waals surface area contributed by atoms with E-state index in [9.17, 15) is 9.70 Å². The Morgan fingerprint density at radius 1 is 1.79 bits per heavy atom. The minimum atomic E-state index is -0.580. The van der Waals surface area contributed by atoms with Gasteiger partial charge in [0, 0.05) is 13.1 Å². The summed E-state index contributed by atoms with van der Waals surface area (Å²) in [5.74, 6) is -0.580. The van der Waals surface area contributed by atoms with Gasteiger partial charge in [0.1, 0.15) is 6.54 Å². The molecule has 1 saturated heterocycles. The molecular weight excluding hydrogens is 188 g/mol. The predicted octanol–water partition coefficient (Wildman–Crippen LogP) is -0.909. The van der Waals surface area contributed by atoms with E-state index in [0.717, 1.165) is 5.12 Å². The number of carbonyl (C=O) groups excluding carboxylic acids is 1. The van der Waals surface area contributed by atoms with Crippen LogP contribution in [0.2, 0.25) is 0 Å².